The average molecular weight is 226 g/mol. The van der Waals surface area contributed by atoms with Gasteiger partial charge in [-0.2, -0.15) is 0 Å². The first-order chi connectivity index (χ1) is 7.56. The Morgan fingerprint density at radius 3 is 2.75 bits per heavy atom. The molecule has 0 saturated carbocycles. The number of aromatic carboxylic acids is 1. The molecule has 0 aromatic carbocycles. The molecule has 16 heavy (non-hydrogen) atoms. The van der Waals surface area contributed by atoms with Crippen LogP contribution >= 0.6 is 0 Å². The highest BCUT2D eigenvalue weighted by atomic mass is 16.5. The molecule has 0 aliphatic rings. The maximum atomic E-state index is 11.0. The normalized spacial score (nSPS) is 11.0. The number of carboxylic acid groups (broad SMARTS) is 1. The molecule has 1 aromatic rings. The molecule has 1 aromatic heterocycles. The van der Waals surface area contributed by atoms with E-state index in [0.29, 0.717) is 12.2 Å². The van der Waals surface area contributed by atoms with Crippen molar-refractivity contribution in [2.75, 3.05) is 27.7 Å². The van der Waals surface area contributed by atoms with E-state index in [0.717, 1.165) is 18.8 Å². The average Bonchev–Trinajstić information content (AvgIpc) is 2.59. The van der Waals surface area contributed by atoms with Gasteiger partial charge in [-0.05, 0) is 20.2 Å². The molecule has 0 aliphatic heterocycles. The molecule has 5 heteroatoms. The van der Waals surface area contributed by atoms with E-state index in [-0.39, 0.29) is 0 Å². The molecular formula is C11H18N2O3. The Kier molecular flexibility index (Phi) is 4.52. The molecule has 5 nitrogen and oxygen atoms in total. The highest BCUT2D eigenvalue weighted by Gasteiger charge is 2.14. The largest absolute Gasteiger partial charge is 0.478 e. The Labute approximate surface area is 95.2 Å². The summed E-state index contributed by atoms with van der Waals surface area (Å²) in [5.41, 5.74) is 1.04. The van der Waals surface area contributed by atoms with Crippen molar-refractivity contribution in [2.24, 2.45) is 0 Å². The van der Waals surface area contributed by atoms with Gasteiger partial charge in [0.15, 0.2) is 0 Å². The Hall–Kier alpha value is -1.33. The van der Waals surface area contributed by atoms with Crippen LogP contribution in [0.5, 0.6) is 0 Å². The summed E-state index contributed by atoms with van der Waals surface area (Å²) in [6.45, 7) is 1.95. The minimum absolute atomic E-state index is 0.320. The summed E-state index contributed by atoms with van der Waals surface area (Å²) in [7, 11) is 5.53. The molecule has 0 atom stereocenters. The van der Waals surface area contributed by atoms with Crippen molar-refractivity contribution in [1.82, 2.24) is 9.47 Å². The first kappa shape index (κ1) is 12.7. The molecule has 1 rings (SSSR count). The van der Waals surface area contributed by atoms with Gasteiger partial charge in [0, 0.05) is 26.4 Å². The first-order valence-electron chi connectivity index (χ1n) is 5.11. The van der Waals surface area contributed by atoms with Gasteiger partial charge in [-0.15, -0.1) is 0 Å². The Morgan fingerprint density at radius 1 is 1.56 bits per heavy atom. The smallest absolute Gasteiger partial charge is 0.337 e. The van der Waals surface area contributed by atoms with Crippen LogP contribution in [0.1, 0.15) is 16.1 Å². The number of rotatable bonds is 6. The number of hydrogen-bond acceptors (Lipinski definition) is 3. The minimum Gasteiger partial charge on any atom is -0.478 e. The fourth-order valence-electron chi connectivity index (χ4n) is 1.51. The zero-order valence-electron chi connectivity index (χ0n) is 9.93. The zero-order chi connectivity index (χ0) is 12.1. The number of carbonyl (C=O) groups is 1. The summed E-state index contributed by atoms with van der Waals surface area (Å²) in [4.78, 5) is 13.0. The van der Waals surface area contributed by atoms with Crippen LogP contribution in [0.4, 0.5) is 0 Å². The number of methoxy groups -OCH3 is 1. The van der Waals surface area contributed by atoms with Gasteiger partial charge in [0.05, 0.1) is 17.9 Å². The maximum absolute atomic E-state index is 11.0. The van der Waals surface area contributed by atoms with Crippen LogP contribution in [0, 0.1) is 0 Å². The van der Waals surface area contributed by atoms with Crippen molar-refractivity contribution in [3.05, 3.63) is 23.5 Å². The van der Waals surface area contributed by atoms with E-state index in [1.807, 2.05) is 18.7 Å². The van der Waals surface area contributed by atoms with E-state index in [4.69, 9.17) is 9.84 Å². The molecule has 0 fully saturated rings. The van der Waals surface area contributed by atoms with E-state index >= 15 is 0 Å². The van der Waals surface area contributed by atoms with Crippen LogP contribution in [0.3, 0.4) is 0 Å². The molecule has 1 N–H and O–H groups in total. The molecule has 0 saturated heterocycles. The fraction of sp³-hybridized carbons (Fsp3) is 0.545. The second-order valence-electron chi connectivity index (χ2n) is 3.91. The monoisotopic (exact) mass is 226 g/mol. The molecular weight excluding hydrogens is 208 g/mol. The van der Waals surface area contributed by atoms with Crippen molar-refractivity contribution in [1.29, 1.82) is 0 Å². The third-order valence-electron chi connectivity index (χ3n) is 2.38. The van der Waals surface area contributed by atoms with E-state index in [2.05, 4.69) is 4.90 Å². The van der Waals surface area contributed by atoms with E-state index < -0.39 is 5.97 Å². The molecule has 0 aliphatic carbocycles. The summed E-state index contributed by atoms with van der Waals surface area (Å²) in [6, 6.07) is 1.62. The molecule has 1 heterocycles. The third kappa shape index (κ3) is 3.08. The Bertz CT molecular complexity index is 358. The zero-order valence-corrected chi connectivity index (χ0v) is 9.93. The maximum Gasteiger partial charge on any atom is 0.337 e. The number of nitrogens with zero attached hydrogens (tertiary/aromatic N) is 2. The van der Waals surface area contributed by atoms with E-state index in [9.17, 15) is 4.79 Å². The number of likely N-dealkylation sites (N-methyl/N-ethyl adjacent to an activating group) is 1. The second kappa shape index (κ2) is 5.67. The highest BCUT2D eigenvalue weighted by molar-refractivity contribution is 5.89. The summed E-state index contributed by atoms with van der Waals surface area (Å²) >= 11 is 0. The van der Waals surface area contributed by atoms with Crippen LogP contribution in [0.25, 0.3) is 0 Å². The molecule has 0 spiro atoms. The second-order valence-corrected chi connectivity index (χ2v) is 3.91. The van der Waals surface area contributed by atoms with Crippen LogP contribution < -0.4 is 0 Å². The molecule has 0 unspecified atom stereocenters. The Balaban J connectivity index is 2.86. The molecule has 90 valence electrons. The SMILES string of the molecule is COCc1c(C(=O)O)ccn1CCN(C)C. The number of ether oxygens (including phenoxy) is 1. The van der Waals surface area contributed by atoms with Crippen molar-refractivity contribution in [3.63, 3.8) is 0 Å². The van der Waals surface area contributed by atoms with Gasteiger partial charge < -0.3 is 19.3 Å². The molecule has 0 radical (unpaired) electrons. The predicted octanol–water partition coefficient (Wildman–Crippen LogP) is 0.894. The lowest BCUT2D eigenvalue weighted by atomic mass is 10.2. The first-order valence-corrected chi connectivity index (χ1v) is 5.11. The fourth-order valence-corrected chi connectivity index (χ4v) is 1.51. The summed E-state index contributed by atoms with van der Waals surface area (Å²) in [5, 5.41) is 9.00. The van der Waals surface area contributed by atoms with Crippen LogP contribution in [-0.4, -0.2) is 48.3 Å². The van der Waals surface area contributed by atoms with Crippen LogP contribution in [0.15, 0.2) is 12.3 Å². The molecule has 0 bridgehead atoms. The lowest BCUT2D eigenvalue weighted by molar-refractivity contribution is 0.0691. The van der Waals surface area contributed by atoms with Crippen molar-refractivity contribution >= 4 is 5.97 Å². The van der Waals surface area contributed by atoms with Crippen molar-refractivity contribution < 1.29 is 14.6 Å². The predicted molar refractivity (Wildman–Crippen MR) is 60.7 cm³/mol. The number of hydrogen-bond donors (Lipinski definition) is 1. The molecule has 0 amide bonds. The van der Waals surface area contributed by atoms with Crippen LogP contribution in [0.2, 0.25) is 0 Å². The van der Waals surface area contributed by atoms with Gasteiger partial charge in [-0.25, -0.2) is 4.79 Å². The Morgan fingerprint density at radius 2 is 2.25 bits per heavy atom. The van der Waals surface area contributed by atoms with Gasteiger partial charge in [-0.1, -0.05) is 0 Å². The third-order valence-corrected chi connectivity index (χ3v) is 2.38. The van der Waals surface area contributed by atoms with E-state index in [1.165, 1.54) is 0 Å². The van der Waals surface area contributed by atoms with Gasteiger partial charge in [0.2, 0.25) is 0 Å². The standard InChI is InChI=1S/C11H18N2O3/c1-12(2)6-7-13-5-4-9(11(14)15)10(13)8-16-3/h4-5H,6-8H2,1-3H3,(H,14,15). The quantitative estimate of drug-likeness (QED) is 0.783. The van der Waals surface area contributed by atoms with Gasteiger partial charge in [-0.3, -0.25) is 0 Å². The van der Waals surface area contributed by atoms with Crippen molar-refractivity contribution in [3.8, 4) is 0 Å². The summed E-state index contributed by atoms with van der Waals surface area (Å²) < 4.78 is 6.95. The topological polar surface area (TPSA) is 54.7 Å². The van der Waals surface area contributed by atoms with Gasteiger partial charge in [0.1, 0.15) is 0 Å². The van der Waals surface area contributed by atoms with Crippen LogP contribution in [-0.2, 0) is 17.9 Å². The van der Waals surface area contributed by atoms with Gasteiger partial charge >= 0.3 is 5.97 Å². The lowest BCUT2D eigenvalue weighted by Crippen LogP contribution is -2.19. The van der Waals surface area contributed by atoms with Gasteiger partial charge in [0.25, 0.3) is 0 Å². The number of aromatic nitrogens is 1. The van der Waals surface area contributed by atoms with E-state index in [1.54, 1.807) is 19.4 Å². The van der Waals surface area contributed by atoms with Crippen molar-refractivity contribution in [2.45, 2.75) is 13.2 Å². The minimum atomic E-state index is -0.907. The summed E-state index contributed by atoms with van der Waals surface area (Å²) in [6.07, 6.45) is 1.79. The lowest BCUT2D eigenvalue weighted by Gasteiger charge is -2.13. The summed E-state index contributed by atoms with van der Waals surface area (Å²) in [5.74, 6) is -0.907. The highest BCUT2D eigenvalue weighted by Crippen LogP contribution is 2.12. The number of carboxylic acids is 1.